The molecule has 29 heavy (non-hydrogen) atoms. The Labute approximate surface area is 181 Å². The van der Waals surface area contributed by atoms with Crippen molar-refractivity contribution in [2.75, 3.05) is 25.1 Å². The minimum Gasteiger partial charge on any atom is -0.480 e. The molecule has 0 aromatic heterocycles. The lowest BCUT2D eigenvalue weighted by molar-refractivity contribution is -0.140. The van der Waals surface area contributed by atoms with Gasteiger partial charge in [0.25, 0.3) is 0 Å². The SMILES string of the molecule is CCOP(=O)(CCCCCNC(=S)SC[C@H](NC(C)=O)C(=O)O)c1ccccc1. The highest BCUT2D eigenvalue weighted by atomic mass is 32.2. The van der Waals surface area contributed by atoms with Gasteiger partial charge in [-0.2, -0.15) is 0 Å². The third-order valence-corrected chi connectivity index (χ3v) is 8.01. The van der Waals surface area contributed by atoms with E-state index in [2.05, 4.69) is 10.6 Å². The fourth-order valence-corrected chi connectivity index (χ4v) is 5.85. The maximum absolute atomic E-state index is 13.1. The van der Waals surface area contributed by atoms with Gasteiger partial charge in [-0.1, -0.05) is 48.6 Å². The van der Waals surface area contributed by atoms with Gasteiger partial charge in [-0.3, -0.25) is 9.36 Å². The van der Waals surface area contributed by atoms with Crippen molar-refractivity contribution in [3.63, 3.8) is 0 Å². The minimum absolute atomic E-state index is 0.162. The van der Waals surface area contributed by atoms with E-state index in [-0.39, 0.29) is 5.75 Å². The summed E-state index contributed by atoms with van der Waals surface area (Å²) in [6, 6.07) is 8.34. The van der Waals surface area contributed by atoms with Gasteiger partial charge in [0.1, 0.15) is 10.4 Å². The molecule has 0 fully saturated rings. The number of thioether (sulfide) groups is 1. The summed E-state index contributed by atoms with van der Waals surface area (Å²) < 4.78 is 19.2. The molecule has 7 nitrogen and oxygen atoms in total. The van der Waals surface area contributed by atoms with E-state index < -0.39 is 25.3 Å². The zero-order valence-corrected chi connectivity index (χ0v) is 19.3. The Kier molecular flexibility index (Phi) is 12.1. The van der Waals surface area contributed by atoms with Crippen LogP contribution in [0, 0.1) is 0 Å². The second kappa shape index (κ2) is 13.7. The second-order valence-electron chi connectivity index (χ2n) is 6.33. The summed E-state index contributed by atoms with van der Waals surface area (Å²) in [7, 11) is -2.82. The van der Waals surface area contributed by atoms with Gasteiger partial charge in [-0.15, -0.1) is 0 Å². The number of carboxylic acid groups (broad SMARTS) is 1. The Balaban J connectivity index is 2.28. The number of unbranched alkanes of at least 4 members (excludes halogenated alkanes) is 2. The highest BCUT2D eigenvalue weighted by Gasteiger charge is 2.24. The lowest BCUT2D eigenvalue weighted by Crippen LogP contribution is -2.42. The van der Waals surface area contributed by atoms with Crippen LogP contribution in [0.2, 0.25) is 0 Å². The summed E-state index contributed by atoms with van der Waals surface area (Å²) in [6.45, 7) is 4.18. The molecule has 162 valence electrons. The lowest BCUT2D eigenvalue weighted by atomic mass is 10.2. The van der Waals surface area contributed by atoms with Gasteiger partial charge in [0.15, 0.2) is 0 Å². The Morgan fingerprint density at radius 3 is 2.52 bits per heavy atom. The molecule has 1 unspecified atom stereocenters. The van der Waals surface area contributed by atoms with Crippen LogP contribution in [0.15, 0.2) is 30.3 Å². The van der Waals surface area contributed by atoms with E-state index in [4.69, 9.17) is 21.8 Å². The third-order valence-electron chi connectivity index (χ3n) is 3.94. The Morgan fingerprint density at radius 1 is 1.24 bits per heavy atom. The molecule has 1 aromatic carbocycles. The van der Waals surface area contributed by atoms with Gasteiger partial charge >= 0.3 is 5.97 Å². The molecule has 10 heteroatoms. The first-order valence-electron chi connectivity index (χ1n) is 9.48. The molecule has 3 N–H and O–H groups in total. The number of carbonyl (C=O) groups excluding carboxylic acids is 1. The van der Waals surface area contributed by atoms with Crippen LogP contribution in [0.3, 0.4) is 0 Å². The van der Waals surface area contributed by atoms with E-state index in [9.17, 15) is 14.2 Å². The monoisotopic (exact) mass is 460 g/mol. The largest absolute Gasteiger partial charge is 0.480 e. The zero-order valence-electron chi connectivity index (χ0n) is 16.8. The van der Waals surface area contributed by atoms with Crippen molar-refractivity contribution in [2.45, 2.75) is 39.2 Å². The number of hydrogen-bond donors (Lipinski definition) is 3. The van der Waals surface area contributed by atoms with Gasteiger partial charge in [0, 0.05) is 30.7 Å². The molecule has 0 aliphatic rings. The molecule has 0 aliphatic carbocycles. The van der Waals surface area contributed by atoms with Crippen LogP contribution in [0.25, 0.3) is 0 Å². The van der Waals surface area contributed by atoms with E-state index in [0.717, 1.165) is 24.6 Å². The fraction of sp³-hybridized carbons (Fsp3) is 0.526. The molecule has 2 atom stereocenters. The van der Waals surface area contributed by atoms with E-state index in [1.54, 1.807) is 0 Å². The molecular weight excluding hydrogens is 431 g/mol. The number of rotatable bonds is 13. The van der Waals surface area contributed by atoms with Crippen molar-refractivity contribution in [3.8, 4) is 0 Å². The second-order valence-corrected chi connectivity index (χ2v) is 10.6. The average Bonchev–Trinajstić information content (AvgIpc) is 2.68. The summed E-state index contributed by atoms with van der Waals surface area (Å²) in [6.07, 6.45) is 2.99. The van der Waals surface area contributed by atoms with Crippen molar-refractivity contribution in [1.29, 1.82) is 0 Å². The molecule has 0 aliphatic heterocycles. The Bertz CT molecular complexity index is 718. The average molecular weight is 461 g/mol. The van der Waals surface area contributed by atoms with Crippen molar-refractivity contribution < 1.29 is 23.8 Å². The van der Waals surface area contributed by atoms with Crippen molar-refractivity contribution in [2.24, 2.45) is 0 Å². The van der Waals surface area contributed by atoms with Gasteiger partial charge in [0.05, 0.1) is 6.61 Å². The molecule has 1 amide bonds. The molecule has 0 bridgehead atoms. The summed E-state index contributed by atoms with van der Waals surface area (Å²) in [5.74, 6) is -1.32. The van der Waals surface area contributed by atoms with Crippen molar-refractivity contribution >= 4 is 52.9 Å². The van der Waals surface area contributed by atoms with Gasteiger partial charge < -0.3 is 20.3 Å². The molecule has 1 aromatic rings. The van der Waals surface area contributed by atoms with E-state index in [1.807, 2.05) is 37.3 Å². The highest BCUT2D eigenvalue weighted by molar-refractivity contribution is 8.23. The summed E-state index contributed by atoms with van der Waals surface area (Å²) in [4.78, 5) is 22.1. The van der Waals surface area contributed by atoms with Crippen LogP contribution in [-0.2, 0) is 18.7 Å². The van der Waals surface area contributed by atoms with E-state index in [0.29, 0.717) is 23.6 Å². The van der Waals surface area contributed by atoms with E-state index >= 15 is 0 Å². The van der Waals surface area contributed by atoms with Gasteiger partial charge in [-0.05, 0) is 31.9 Å². The number of benzene rings is 1. The van der Waals surface area contributed by atoms with Crippen molar-refractivity contribution in [3.05, 3.63) is 30.3 Å². The molecule has 0 saturated heterocycles. The number of aliphatic carboxylic acids is 1. The first-order chi connectivity index (χ1) is 13.8. The molecular formula is C19H29N2O5PS2. The summed E-state index contributed by atoms with van der Waals surface area (Å²) in [5, 5.41) is 15.3. The van der Waals surface area contributed by atoms with Crippen LogP contribution < -0.4 is 15.9 Å². The Hall–Kier alpha value is -1.41. The number of hydrogen-bond acceptors (Lipinski definition) is 6. The van der Waals surface area contributed by atoms with Crippen molar-refractivity contribution in [1.82, 2.24) is 10.6 Å². The minimum atomic E-state index is -2.82. The predicted molar refractivity (Wildman–Crippen MR) is 122 cm³/mol. The Morgan fingerprint density at radius 2 is 1.93 bits per heavy atom. The first-order valence-corrected chi connectivity index (χ1v) is 12.7. The maximum Gasteiger partial charge on any atom is 0.327 e. The quantitative estimate of drug-likeness (QED) is 0.234. The number of carboxylic acids is 1. The first kappa shape index (κ1) is 25.6. The number of carbonyl (C=O) groups is 2. The maximum atomic E-state index is 13.1. The highest BCUT2D eigenvalue weighted by Crippen LogP contribution is 2.46. The molecule has 0 heterocycles. The van der Waals surface area contributed by atoms with Gasteiger partial charge in [-0.25, -0.2) is 4.79 Å². The van der Waals surface area contributed by atoms with Crippen LogP contribution in [0.1, 0.15) is 33.1 Å². The smallest absolute Gasteiger partial charge is 0.327 e. The number of amides is 1. The zero-order chi connectivity index (χ0) is 21.7. The predicted octanol–water partition coefficient (Wildman–Crippen LogP) is 2.99. The normalized spacial score (nSPS) is 13.9. The summed E-state index contributed by atoms with van der Waals surface area (Å²) >= 11 is 6.38. The topological polar surface area (TPSA) is 105 Å². The van der Waals surface area contributed by atoms with Crippen LogP contribution in [0.4, 0.5) is 0 Å². The summed E-state index contributed by atoms with van der Waals surface area (Å²) in [5.41, 5.74) is 0. The van der Waals surface area contributed by atoms with Crippen LogP contribution in [0.5, 0.6) is 0 Å². The number of nitrogens with one attached hydrogen (secondary N) is 2. The van der Waals surface area contributed by atoms with E-state index in [1.165, 1.54) is 18.7 Å². The number of thiocarbonyl (C=S) groups is 1. The van der Waals surface area contributed by atoms with Crippen LogP contribution >= 0.6 is 31.3 Å². The molecule has 0 saturated carbocycles. The fourth-order valence-electron chi connectivity index (χ4n) is 2.57. The standard InChI is InChI=1S/C19H29N2O5PS2/c1-3-26-27(25,16-10-6-4-7-11-16)13-9-5-8-12-20-19(28)29-14-17(18(23)24)21-15(2)22/h4,6-7,10-11,17H,3,5,8-9,12-14H2,1-2H3,(H,20,28)(H,21,22)(H,23,24)/t17-,27?/m0/s1. The van der Waals surface area contributed by atoms with Crippen LogP contribution in [-0.4, -0.2) is 52.4 Å². The third kappa shape index (κ3) is 10.3. The van der Waals surface area contributed by atoms with Gasteiger partial charge in [0.2, 0.25) is 13.3 Å². The molecule has 1 rings (SSSR count). The molecule has 0 spiro atoms. The molecule has 0 radical (unpaired) electrons. The lowest BCUT2D eigenvalue weighted by Gasteiger charge is -2.18.